The van der Waals surface area contributed by atoms with Gasteiger partial charge in [-0.2, -0.15) is 0 Å². The maximum absolute atomic E-state index is 11.3. The third kappa shape index (κ3) is 4.15. The highest BCUT2D eigenvalue weighted by atomic mass is 127. The Hall–Kier alpha value is -1.31. The summed E-state index contributed by atoms with van der Waals surface area (Å²) in [4.78, 5) is 11.3. The maximum atomic E-state index is 11.3. The van der Waals surface area contributed by atoms with Gasteiger partial charge < -0.3 is 16.3 Å². The average Bonchev–Trinajstić information content (AvgIpc) is 2.17. The van der Waals surface area contributed by atoms with Gasteiger partial charge in [0.05, 0.1) is 6.42 Å². The average molecular weight is 319 g/mol. The Morgan fingerprint density at radius 3 is 2.93 bits per heavy atom. The Balaban J connectivity index is 2.59. The number of nitrogens with one attached hydrogen (secondary N) is 1. The van der Waals surface area contributed by atoms with Crippen LogP contribution in [0.2, 0.25) is 0 Å². The molecule has 0 atom stereocenters. The number of amidine groups is 1. The highest BCUT2D eigenvalue weighted by Gasteiger charge is 2.05. The number of hydrogen-bond acceptors (Lipinski definition) is 3. The van der Waals surface area contributed by atoms with Crippen molar-refractivity contribution in [2.45, 2.75) is 6.42 Å². The largest absolute Gasteiger partial charge is 0.409 e. The molecular formula is C9H10IN3O2. The summed E-state index contributed by atoms with van der Waals surface area (Å²) in [5.41, 5.74) is 5.89. The fourth-order valence-corrected chi connectivity index (χ4v) is 1.51. The second-order valence-electron chi connectivity index (χ2n) is 2.83. The van der Waals surface area contributed by atoms with Crippen LogP contribution in [0.5, 0.6) is 0 Å². The van der Waals surface area contributed by atoms with E-state index in [9.17, 15) is 4.79 Å². The predicted octanol–water partition coefficient (Wildman–Crippen LogP) is 1.37. The van der Waals surface area contributed by atoms with Crippen molar-refractivity contribution >= 4 is 40.0 Å². The van der Waals surface area contributed by atoms with Crippen LogP contribution in [0.25, 0.3) is 0 Å². The summed E-state index contributed by atoms with van der Waals surface area (Å²) < 4.78 is 1.02. The van der Waals surface area contributed by atoms with Crippen molar-refractivity contribution in [1.82, 2.24) is 0 Å². The van der Waals surface area contributed by atoms with E-state index in [0.29, 0.717) is 5.69 Å². The van der Waals surface area contributed by atoms with Crippen molar-refractivity contribution in [3.8, 4) is 0 Å². The summed E-state index contributed by atoms with van der Waals surface area (Å²) in [6, 6.07) is 7.34. The third-order valence-electron chi connectivity index (χ3n) is 1.58. The topological polar surface area (TPSA) is 87.7 Å². The molecular weight excluding hydrogens is 309 g/mol. The van der Waals surface area contributed by atoms with Gasteiger partial charge in [0.2, 0.25) is 5.91 Å². The van der Waals surface area contributed by atoms with E-state index < -0.39 is 0 Å². The minimum absolute atomic E-state index is 0.113. The molecule has 0 spiro atoms. The standard InChI is InChI=1S/C9H10IN3O2/c10-6-2-1-3-7(4-6)12-9(14)5-8(11)13-15/h1-4,15H,5H2,(H2,11,13)(H,12,14). The molecule has 4 N–H and O–H groups in total. The van der Waals surface area contributed by atoms with Gasteiger partial charge in [0.1, 0.15) is 5.84 Å². The van der Waals surface area contributed by atoms with Gasteiger partial charge in [-0.15, -0.1) is 0 Å². The normalized spacial score (nSPS) is 11.1. The van der Waals surface area contributed by atoms with Crippen LogP contribution >= 0.6 is 22.6 Å². The number of rotatable bonds is 3. The van der Waals surface area contributed by atoms with E-state index in [0.717, 1.165) is 3.57 Å². The molecule has 0 aliphatic rings. The minimum atomic E-state index is -0.313. The van der Waals surface area contributed by atoms with E-state index in [1.165, 1.54) is 0 Å². The third-order valence-corrected chi connectivity index (χ3v) is 2.25. The van der Waals surface area contributed by atoms with Crippen molar-refractivity contribution in [2.75, 3.05) is 5.32 Å². The number of benzene rings is 1. The van der Waals surface area contributed by atoms with E-state index in [4.69, 9.17) is 10.9 Å². The van der Waals surface area contributed by atoms with Crippen LogP contribution in [0.1, 0.15) is 6.42 Å². The molecule has 1 amide bonds. The zero-order valence-corrected chi connectivity index (χ0v) is 9.93. The second kappa shape index (κ2) is 5.54. The van der Waals surface area contributed by atoms with Crippen LogP contribution in [0.15, 0.2) is 29.4 Å². The van der Waals surface area contributed by atoms with Crippen LogP contribution in [0, 0.1) is 3.57 Å². The fourth-order valence-electron chi connectivity index (χ4n) is 0.971. The number of carbonyl (C=O) groups excluding carboxylic acids is 1. The van der Waals surface area contributed by atoms with Gasteiger partial charge in [-0.05, 0) is 40.8 Å². The first-order valence-electron chi connectivity index (χ1n) is 4.13. The Bertz CT molecular complexity index is 393. The lowest BCUT2D eigenvalue weighted by molar-refractivity contribution is -0.115. The fraction of sp³-hybridized carbons (Fsp3) is 0.111. The molecule has 1 aromatic rings. The van der Waals surface area contributed by atoms with E-state index in [2.05, 4.69) is 33.1 Å². The van der Waals surface area contributed by atoms with Gasteiger partial charge in [0.15, 0.2) is 0 Å². The molecule has 6 heteroatoms. The smallest absolute Gasteiger partial charge is 0.232 e. The molecule has 0 aliphatic heterocycles. The van der Waals surface area contributed by atoms with Crippen molar-refractivity contribution in [3.63, 3.8) is 0 Å². The summed E-state index contributed by atoms with van der Waals surface area (Å²) in [7, 11) is 0. The molecule has 5 nitrogen and oxygen atoms in total. The Labute approximate surface area is 100 Å². The molecule has 0 fully saturated rings. The first kappa shape index (κ1) is 11.8. The summed E-state index contributed by atoms with van der Waals surface area (Å²) >= 11 is 2.15. The molecule has 0 aliphatic carbocycles. The molecule has 0 aromatic heterocycles. The Kier molecular flexibility index (Phi) is 4.35. The number of halogens is 1. The molecule has 80 valence electrons. The molecule has 0 heterocycles. The molecule has 1 aromatic carbocycles. The Morgan fingerprint density at radius 1 is 1.60 bits per heavy atom. The van der Waals surface area contributed by atoms with Gasteiger partial charge in [-0.25, -0.2) is 0 Å². The van der Waals surface area contributed by atoms with E-state index >= 15 is 0 Å². The summed E-state index contributed by atoms with van der Waals surface area (Å²) in [6.45, 7) is 0. The van der Waals surface area contributed by atoms with Gasteiger partial charge in [0.25, 0.3) is 0 Å². The monoisotopic (exact) mass is 319 g/mol. The van der Waals surface area contributed by atoms with Crippen LogP contribution in [0.4, 0.5) is 5.69 Å². The highest BCUT2D eigenvalue weighted by Crippen LogP contribution is 2.12. The minimum Gasteiger partial charge on any atom is -0.409 e. The lowest BCUT2D eigenvalue weighted by Crippen LogP contribution is -2.21. The van der Waals surface area contributed by atoms with E-state index in [1.54, 1.807) is 6.07 Å². The predicted molar refractivity (Wildman–Crippen MR) is 65.8 cm³/mol. The molecule has 15 heavy (non-hydrogen) atoms. The van der Waals surface area contributed by atoms with Crippen molar-refractivity contribution in [2.24, 2.45) is 10.9 Å². The number of carbonyl (C=O) groups is 1. The van der Waals surface area contributed by atoms with E-state index in [-0.39, 0.29) is 18.2 Å². The SMILES string of the molecule is N/C(CC(=O)Nc1cccc(I)c1)=N\O. The van der Waals surface area contributed by atoms with E-state index in [1.807, 2.05) is 18.2 Å². The van der Waals surface area contributed by atoms with Crippen molar-refractivity contribution < 1.29 is 10.0 Å². The number of nitrogens with two attached hydrogens (primary N) is 1. The number of nitrogens with zero attached hydrogens (tertiary/aromatic N) is 1. The molecule has 0 radical (unpaired) electrons. The molecule has 0 saturated carbocycles. The number of anilines is 1. The molecule has 0 bridgehead atoms. The first-order chi connectivity index (χ1) is 7.11. The highest BCUT2D eigenvalue weighted by molar-refractivity contribution is 14.1. The van der Waals surface area contributed by atoms with Gasteiger partial charge >= 0.3 is 0 Å². The molecule has 0 saturated heterocycles. The first-order valence-corrected chi connectivity index (χ1v) is 5.21. The van der Waals surface area contributed by atoms with Crippen LogP contribution in [0.3, 0.4) is 0 Å². The second-order valence-corrected chi connectivity index (χ2v) is 4.07. The zero-order chi connectivity index (χ0) is 11.3. The maximum Gasteiger partial charge on any atom is 0.232 e. The summed E-state index contributed by atoms with van der Waals surface area (Å²) in [5.74, 6) is -0.426. The molecule has 1 rings (SSSR count). The van der Waals surface area contributed by atoms with Crippen LogP contribution < -0.4 is 11.1 Å². The van der Waals surface area contributed by atoms with Crippen molar-refractivity contribution in [3.05, 3.63) is 27.8 Å². The quantitative estimate of drug-likeness (QED) is 0.258. The van der Waals surface area contributed by atoms with Gasteiger partial charge in [-0.1, -0.05) is 11.2 Å². The Morgan fingerprint density at radius 2 is 2.33 bits per heavy atom. The van der Waals surface area contributed by atoms with Crippen molar-refractivity contribution in [1.29, 1.82) is 0 Å². The zero-order valence-electron chi connectivity index (χ0n) is 7.77. The van der Waals surface area contributed by atoms with Crippen LogP contribution in [-0.4, -0.2) is 17.0 Å². The molecule has 0 unspecified atom stereocenters. The van der Waals surface area contributed by atoms with Gasteiger partial charge in [-0.3, -0.25) is 4.79 Å². The lowest BCUT2D eigenvalue weighted by atomic mass is 10.3. The summed E-state index contributed by atoms with van der Waals surface area (Å²) in [6.07, 6.45) is -0.123. The number of oxime groups is 1. The summed E-state index contributed by atoms with van der Waals surface area (Å²) in [5, 5.41) is 13.6. The van der Waals surface area contributed by atoms with Crippen LogP contribution in [-0.2, 0) is 4.79 Å². The van der Waals surface area contributed by atoms with Gasteiger partial charge in [0, 0.05) is 9.26 Å². The number of hydrogen-bond donors (Lipinski definition) is 3. The number of amides is 1. The lowest BCUT2D eigenvalue weighted by Gasteiger charge is -2.04.